The number of nitrogens with zero attached hydrogens (tertiary/aromatic N) is 3. The number of alkyl halides is 3. The number of halogens is 3. The summed E-state index contributed by atoms with van der Waals surface area (Å²) in [5, 5.41) is 2.42. The summed E-state index contributed by atoms with van der Waals surface area (Å²) < 4.78 is 38.2. The maximum atomic E-state index is 12.7. The van der Waals surface area contributed by atoms with E-state index in [1.165, 1.54) is 18.2 Å². The lowest BCUT2D eigenvalue weighted by molar-refractivity contribution is -0.137. The summed E-state index contributed by atoms with van der Waals surface area (Å²) in [5.41, 5.74) is 1.62. The molecule has 28 heavy (non-hydrogen) atoms. The molecule has 0 saturated heterocycles. The monoisotopic (exact) mass is 385 g/mol. The topological polar surface area (TPSA) is 71.2 Å². The second-order valence-electron chi connectivity index (χ2n) is 6.06. The third kappa shape index (κ3) is 4.11. The summed E-state index contributed by atoms with van der Waals surface area (Å²) in [6, 6.07) is 9.46. The van der Waals surface area contributed by atoms with Gasteiger partial charge >= 0.3 is 12.1 Å². The smallest absolute Gasteiger partial charge is 0.263 e. The van der Waals surface area contributed by atoms with Crippen LogP contribution in [-0.2, 0) is 6.18 Å². The molecule has 1 heterocycles. The lowest BCUT2D eigenvalue weighted by Crippen LogP contribution is -2.07. The Hall–Kier alpha value is -3.42. The first-order valence-electron chi connectivity index (χ1n) is 8.25. The molecule has 0 atom stereocenters. The van der Waals surface area contributed by atoms with E-state index < -0.39 is 17.6 Å². The van der Waals surface area contributed by atoms with Gasteiger partial charge in [0.15, 0.2) is 5.84 Å². The van der Waals surface area contributed by atoms with Crippen molar-refractivity contribution in [1.82, 2.24) is 0 Å². The SMILES string of the molecule is Cc1cc(C2=NCC=CC(c3ccc(C(F)(F)F)cc3)=N2)ccc1C(=O)N=O. The van der Waals surface area contributed by atoms with Crippen LogP contribution in [0.25, 0.3) is 0 Å². The van der Waals surface area contributed by atoms with E-state index in [0.717, 1.165) is 12.1 Å². The van der Waals surface area contributed by atoms with Gasteiger partial charge in [0.05, 0.1) is 17.8 Å². The molecule has 1 aliphatic rings. The molecule has 0 bridgehead atoms. The summed E-state index contributed by atoms with van der Waals surface area (Å²) in [6.07, 6.45) is -0.954. The molecule has 142 valence electrons. The highest BCUT2D eigenvalue weighted by Gasteiger charge is 2.30. The Bertz CT molecular complexity index is 1020. The molecule has 8 heteroatoms. The first-order valence-corrected chi connectivity index (χ1v) is 8.25. The van der Waals surface area contributed by atoms with Crippen LogP contribution in [-0.4, -0.2) is 24.0 Å². The molecular formula is C20H14F3N3O2. The van der Waals surface area contributed by atoms with Gasteiger partial charge < -0.3 is 0 Å². The second kappa shape index (κ2) is 7.67. The number of hydrogen-bond acceptors (Lipinski definition) is 4. The van der Waals surface area contributed by atoms with Crippen molar-refractivity contribution in [3.8, 4) is 0 Å². The van der Waals surface area contributed by atoms with E-state index >= 15 is 0 Å². The van der Waals surface area contributed by atoms with Crippen LogP contribution in [0.4, 0.5) is 13.2 Å². The van der Waals surface area contributed by atoms with E-state index in [4.69, 9.17) is 0 Å². The van der Waals surface area contributed by atoms with Crippen LogP contribution in [0.5, 0.6) is 0 Å². The van der Waals surface area contributed by atoms with Gasteiger partial charge in [0, 0.05) is 21.9 Å². The highest BCUT2D eigenvalue weighted by Crippen LogP contribution is 2.29. The minimum absolute atomic E-state index is 0.193. The lowest BCUT2D eigenvalue weighted by atomic mass is 10.0. The number of benzene rings is 2. The molecule has 0 unspecified atom stereocenters. The first-order chi connectivity index (χ1) is 13.3. The summed E-state index contributed by atoms with van der Waals surface area (Å²) >= 11 is 0. The number of allylic oxidation sites excluding steroid dienone is 1. The van der Waals surface area contributed by atoms with Crippen LogP contribution in [0.15, 0.2) is 69.8 Å². The minimum Gasteiger partial charge on any atom is -0.263 e. The molecule has 1 aliphatic heterocycles. The molecule has 0 spiro atoms. The van der Waals surface area contributed by atoms with E-state index in [9.17, 15) is 22.9 Å². The average Bonchev–Trinajstić information content (AvgIpc) is 2.93. The van der Waals surface area contributed by atoms with Gasteiger partial charge in [0.1, 0.15) is 0 Å². The molecule has 0 fully saturated rings. The van der Waals surface area contributed by atoms with Gasteiger partial charge in [-0.1, -0.05) is 24.3 Å². The largest absolute Gasteiger partial charge is 0.416 e. The number of carbonyl (C=O) groups is 1. The van der Waals surface area contributed by atoms with Crippen molar-refractivity contribution in [3.05, 3.63) is 87.3 Å². The van der Waals surface area contributed by atoms with E-state index in [1.807, 2.05) is 0 Å². The van der Waals surface area contributed by atoms with Crippen molar-refractivity contribution in [1.29, 1.82) is 0 Å². The van der Waals surface area contributed by atoms with Gasteiger partial charge in [0.2, 0.25) is 0 Å². The number of nitroso groups, excluding NO2 is 1. The molecule has 3 rings (SSSR count). The van der Waals surface area contributed by atoms with Crippen LogP contribution < -0.4 is 0 Å². The highest BCUT2D eigenvalue weighted by atomic mass is 19.4. The van der Waals surface area contributed by atoms with E-state index in [2.05, 4.69) is 15.2 Å². The predicted molar refractivity (Wildman–Crippen MR) is 99.8 cm³/mol. The fourth-order valence-electron chi connectivity index (χ4n) is 2.73. The zero-order valence-corrected chi connectivity index (χ0v) is 14.7. The fourth-order valence-corrected chi connectivity index (χ4v) is 2.73. The lowest BCUT2D eigenvalue weighted by Gasteiger charge is -2.09. The molecule has 5 nitrogen and oxygen atoms in total. The minimum atomic E-state index is -4.40. The molecule has 2 aromatic rings. The molecule has 0 saturated carbocycles. The van der Waals surface area contributed by atoms with Crippen LogP contribution in [0.1, 0.15) is 32.6 Å². The third-order valence-electron chi connectivity index (χ3n) is 4.15. The van der Waals surface area contributed by atoms with Crippen LogP contribution >= 0.6 is 0 Å². The van der Waals surface area contributed by atoms with Crippen molar-refractivity contribution in [3.63, 3.8) is 0 Å². The van der Waals surface area contributed by atoms with Gasteiger partial charge in [-0.15, -0.1) is 4.91 Å². The maximum Gasteiger partial charge on any atom is 0.416 e. The van der Waals surface area contributed by atoms with Crippen molar-refractivity contribution in [2.45, 2.75) is 13.1 Å². The van der Waals surface area contributed by atoms with E-state index in [1.54, 1.807) is 31.2 Å². The molecule has 1 amide bonds. The molecule has 0 N–H and O–H groups in total. The molecule has 0 radical (unpaired) electrons. The van der Waals surface area contributed by atoms with Crippen molar-refractivity contribution < 1.29 is 18.0 Å². The average molecular weight is 385 g/mol. The van der Waals surface area contributed by atoms with Crippen molar-refractivity contribution >= 4 is 17.5 Å². The summed E-state index contributed by atoms with van der Waals surface area (Å²) in [5.74, 6) is -0.483. The Morgan fingerprint density at radius 1 is 1.07 bits per heavy atom. The fraction of sp³-hybridized carbons (Fsp3) is 0.150. The number of aliphatic imine (C=N–C) groups is 2. The Morgan fingerprint density at radius 2 is 1.75 bits per heavy atom. The van der Waals surface area contributed by atoms with Crippen LogP contribution in [0.3, 0.4) is 0 Å². The Labute approximate surface area is 158 Å². The molecule has 0 aromatic heterocycles. The first kappa shape index (κ1) is 19.3. The molecule has 2 aromatic carbocycles. The number of amidine groups is 1. The number of hydrogen-bond donors (Lipinski definition) is 0. The zero-order valence-electron chi connectivity index (χ0n) is 14.7. The highest BCUT2D eigenvalue weighted by molar-refractivity contribution is 6.17. The second-order valence-corrected chi connectivity index (χ2v) is 6.06. The van der Waals surface area contributed by atoms with Crippen LogP contribution in [0, 0.1) is 11.8 Å². The van der Waals surface area contributed by atoms with Gasteiger partial charge in [-0.3, -0.25) is 9.79 Å². The van der Waals surface area contributed by atoms with Crippen molar-refractivity contribution in [2.75, 3.05) is 6.54 Å². The maximum absolute atomic E-state index is 12.7. The van der Waals surface area contributed by atoms with Gasteiger partial charge in [-0.05, 0) is 42.8 Å². The number of rotatable bonds is 3. The number of amides is 1. The molecule has 0 aliphatic carbocycles. The van der Waals surface area contributed by atoms with Gasteiger partial charge in [-0.2, -0.15) is 13.2 Å². The standard InChI is InChI=1S/C20H14F3N3O2/c1-12-11-14(6-9-16(12)19(27)26-28)18-24-10-2-3-17(25-18)13-4-7-15(8-5-13)20(21,22)23/h2-9,11H,10H2,1H3. The zero-order chi connectivity index (χ0) is 20.3. The molecular weight excluding hydrogens is 371 g/mol. The Balaban J connectivity index is 1.95. The normalized spacial score (nSPS) is 14.1. The quantitative estimate of drug-likeness (QED) is 0.717. The predicted octanol–water partition coefficient (Wildman–Crippen LogP) is 4.73. The van der Waals surface area contributed by atoms with E-state index in [0.29, 0.717) is 34.8 Å². The third-order valence-corrected chi connectivity index (χ3v) is 4.15. The summed E-state index contributed by atoms with van der Waals surface area (Å²) in [7, 11) is 0. The van der Waals surface area contributed by atoms with E-state index in [-0.39, 0.29) is 5.56 Å². The van der Waals surface area contributed by atoms with Crippen molar-refractivity contribution in [2.24, 2.45) is 15.2 Å². The van der Waals surface area contributed by atoms with Crippen LogP contribution in [0.2, 0.25) is 0 Å². The van der Waals surface area contributed by atoms with Gasteiger partial charge in [-0.25, -0.2) is 4.99 Å². The summed E-state index contributed by atoms with van der Waals surface area (Å²) in [6.45, 7) is 2.01. The summed E-state index contributed by atoms with van der Waals surface area (Å²) in [4.78, 5) is 30.8. The Morgan fingerprint density at radius 3 is 2.36 bits per heavy atom. The van der Waals surface area contributed by atoms with Gasteiger partial charge in [0.25, 0.3) is 0 Å². The Kier molecular flexibility index (Phi) is 5.30. The number of carbonyl (C=O) groups excluding carboxylic acids is 1. The number of aryl methyl sites for hydroxylation is 1.